The maximum atomic E-state index is 12.9. The molecule has 0 fully saturated rings. The molecule has 0 radical (unpaired) electrons. The van der Waals surface area contributed by atoms with Crippen LogP contribution in [0.1, 0.15) is 12.5 Å². The van der Waals surface area contributed by atoms with E-state index in [4.69, 9.17) is 5.73 Å². The van der Waals surface area contributed by atoms with Crippen molar-refractivity contribution < 1.29 is 18.0 Å². The molecule has 0 unspecified atom stereocenters. The predicted molar refractivity (Wildman–Crippen MR) is 56.4 cm³/mol. The van der Waals surface area contributed by atoms with Gasteiger partial charge >= 0.3 is 0 Å². The second-order valence-electron chi connectivity index (χ2n) is 3.86. The van der Waals surface area contributed by atoms with E-state index in [0.29, 0.717) is 0 Å². The van der Waals surface area contributed by atoms with Gasteiger partial charge in [0.1, 0.15) is 0 Å². The number of likely N-dealkylation sites (N-methyl/N-ethyl adjacent to an activating group) is 1. The molecular formula is C11H13F3N2O. The summed E-state index contributed by atoms with van der Waals surface area (Å²) >= 11 is 0. The van der Waals surface area contributed by atoms with Crippen LogP contribution in [0.2, 0.25) is 0 Å². The Morgan fingerprint density at radius 3 is 2.24 bits per heavy atom. The van der Waals surface area contributed by atoms with E-state index in [9.17, 15) is 18.0 Å². The maximum absolute atomic E-state index is 12.9. The lowest BCUT2D eigenvalue weighted by Gasteiger charge is -2.19. The average molecular weight is 246 g/mol. The van der Waals surface area contributed by atoms with Crippen LogP contribution in [0.5, 0.6) is 0 Å². The van der Waals surface area contributed by atoms with Crippen LogP contribution in [0.25, 0.3) is 0 Å². The molecule has 0 bridgehead atoms. The highest BCUT2D eigenvalue weighted by Gasteiger charge is 2.16. The zero-order chi connectivity index (χ0) is 13.2. The summed E-state index contributed by atoms with van der Waals surface area (Å²) in [6.45, 7) is 1.47. The van der Waals surface area contributed by atoms with E-state index in [0.717, 1.165) is 12.1 Å². The molecule has 1 amide bonds. The van der Waals surface area contributed by atoms with Gasteiger partial charge in [-0.3, -0.25) is 4.79 Å². The average Bonchev–Trinajstić information content (AvgIpc) is 2.24. The molecule has 3 nitrogen and oxygen atoms in total. The number of hydrogen-bond donors (Lipinski definition) is 1. The predicted octanol–water partition coefficient (Wildman–Crippen LogP) is 1.41. The van der Waals surface area contributed by atoms with Crippen molar-refractivity contribution in [2.45, 2.75) is 19.5 Å². The molecule has 17 heavy (non-hydrogen) atoms. The largest absolute Gasteiger partial charge is 0.340 e. The van der Waals surface area contributed by atoms with E-state index in [1.54, 1.807) is 0 Å². The summed E-state index contributed by atoms with van der Waals surface area (Å²) in [6, 6.07) is 1.00. The lowest BCUT2D eigenvalue weighted by atomic mass is 10.2. The summed E-state index contributed by atoms with van der Waals surface area (Å²) in [7, 11) is 1.45. The van der Waals surface area contributed by atoms with Crippen LogP contribution >= 0.6 is 0 Å². The van der Waals surface area contributed by atoms with Gasteiger partial charge in [-0.15, -0.1) is 0 Å². The molecule has 0 spiro atoms. The molecule has 1 rings (SSSR count). The van der Waals surface area contributed by atoms with Crippen molar-refractivity contribution in [3.8, 4) is 0 Å². The van der Waals surface area contributed by atoms with E-state index >= 15 is 0 Å². The molecule has 0 saturated carbocycles. The fourth-order valence-electron chi connectivity index (χ4n) is 1.40. The first-order valence-electron chi connectivity index (χ1n) is 4.97. The van der Waals surface area contributed by atoms with Crippen molar-refractivity contribution in [3.63, 3.8) is 0 Å². The standard InChI is InChI=1S/C11H13F3N2O/c1-6(15)11(17)16(2)5-7-3-8(12)10(14)9(13)4-7/h3-4,6H,5,15H2,1-2H3/t6-/m0/s1. The summed E-state index contributed by atoms with van der Waals surface area (Å²) in [5.74, 6) is -4.44. The highest BCUT2D eigenvalue weighted by Crippen LogP contribution is 2.14. The van der Waals surface area contributed by atoms with Gasteiger partial charge in [-0.05, 0) is 24.6 Å². The molecule has 0 aromatic heterocycles. The van der Waals surface area contributed by atoms with E-state index in [-0.39, 0.29) is 18.0 Å². The minimum Gasteiger partial charge on any atom is -0.340 e. The number of amides is 1. The third-order valence-electron chi connectivity index (χ3n) is 2.23. The number of hydrogen-bond acceptors (Lipinski definition) is 2. The van der Waals surface area contributed by atoms with Gasteiger partial charge in [0.15, 0.2) is 17.5 Å². The monoisotopic (exact) mass is 246 g/mol. The van der Waals surface area contributed by atoms with Crippen LogP contribution in [0, 0.1) is 17.5 Å². The third kappa shape index (κ3) is 3.20. The van der Waals surface area contributed by atoms with E-state index in [1.807, 2.05) is 0 Å². The number of nitrogens with two attached hydrogens (primary N) is 1. The number of rotatable bonds is 3. The Labute approximate surface area is 97.0 Å². The van der Waals surface area contributed by atoms with Crippen molar-refractivity contribution in [2.75, 3.05) is 7.05 Å². The number of halogens is 3. The smallest absolute Gasteiger partial charge is 0.239 e. The van der Waals surface area contributed by atoms with Gasteiger partial charge in [0.05, 0.1) is 6.04 Å². The molecule has 0 heterocycles. The molecule has 1 atom stereocenters. The summed E-state index contributed by atoms with van der Waals surface area (Å²) < 4.78 is 38.5. The third-order valence-corrected chi connectivity index (χ3v) is 2.23. The quantitative estimate of drug-likeness (QED) is 0.820. The Morgan fingerprint density at radius 1 is 1.35 bits per heavy atom. The lowest BCUT2D eigenvalue weighted by Crippen LogP contribution is -2.39. The van der Waals surface area contributed by atoms with Gasteiger partial charge in [0.2, 0.25) is 5.91 Å². The second kappa shape index (κ2) is 5.18. The molecule has 2 N–H and O–H groups in total. The highest BCUT2D eigenvalue weighted by atomic mass is 19.2. The minimum atomic E-state index is -1.52. The summed E-state index contributed by atoms with van der Waals surface area (Å²) in [5.41, 5.74) is 5.54. The molecule has 1 aromatic carbocycles. The molecule has 94 valence electrons. The Morgan fingerprint density at radius 2 is 1.82 bits per heavy atom. The number of benzene rings is 1. The second-order valence-corrected chi connectivity index (χ2v) is 3.86. The van der Waals surface area contributed by atoms with Gasteiger partial charge in [-0.1, -0.05) is 0 Å². The normalized spacial score (nSPS) is 12.4. The van der Waals surface area contributed by atoms with E-state index < -0.39 is 23.5 Å². The van der Waals surface area contributed by atoms with Crippen molar-refractivity contribution in [1.82, 2.24) is 4.90 Å². The molecule has 6 heteroatoms. The summed E-state index contributed by atoms with van der Waals surface area (Å²) in [5, 5.41) is 0. The number of carbonyl (C=O) groups excluding carboxylic acids is 1. The van der Waals surface area contributed by atoms with E-state index in [2.05, 4.69) is 0 Å². The van der Waals surface area contributed by atoms with Crippen LogP contribution in [-0.2, 0) is 11.3 Å². The van der Waals surface area contributed by atoms with Crippen molar-refractivity contribution in [3.05, 3.63) is 35.1 Å². The SMILES string of the molecule is C[C@H](N)C(=O)N(C)Cc1cc(F)c(F)c(F)c1. The summed E-state index contributed by atoms with van der Waals surface area (Å²) in [6.07, 6.45) is 0. The zero-order valence-corrected chi connectivity index (χ0v) is 9.51. The Kier molecular flexibility index (Phi) is 4.11. The lowest BCUT2D eigenvalue weighted by molar-refractivity contribution is -0.131. The molecule has 0 saturated heterocycles. The number of carbonyl (C=O) groups is 1. The zero-order valence-electron chi connectivity index (χ0n) is 9.51. The van der Waals surface area contributed by atoms with Gasteiger partial charge in [0, 0.05) is 13.6 Å². The van der Waals surface area contributed by atoms with Crippen LogP contribution in [0.3, 0.4) is 0 Å². The van der Waals surface area contributed by atoms with Crippen LogP contribution in [-0.4, -0.2) is 23.9 Å². The fourth-order valence-corrected chi connectivity index (χ4v) is 1.40. The first kappa shape index (κ1) is 13.5. The molecule has 0 aliphatic heterocycles. The first-order valence-corrected chi connectivity index (χ1v) is 4.97. The van der Waals surface area contributed by atoms with Crippen molar-refractivity contribution >= 4 is 5.91 Å². The molecule has 0 aliphatic rings. The van der Waals surface area contributed by atoms with Gasteiger partial charge in [-0.2, -0.15) is 0 Å². The van der Waals surface area contributed by atoms with Gasteiger partial charge in [0.25, 0.3) is 0 Å². The first-order chi connectivity index (χ1) is 7.82. The molecule has 1 aromatic rings. The fraction of sp³-hybridized carbons (Fsp3) is 0.364. The Balaban J connectivity index is 2.86. The molecular weight excluding hydrogens is 233 g/mol. The van der Waals surface area contributed by atoms with Crippen molar-refractivity contribution in [1.29, 1.82) is 0 Å². The highest BCUT2D eigenvalue weighted by molar-refractivity contribution is 5.80. The Bertz CT molecular complexity index is 412. The summed E-state index contributed by atoms with van der Waals surface area (Å²) in [4.78, 5) is 12.6. The van der Waals surface area contributed by atoms with Crippen molar-refractivity contribution in [2.24, 2.45) is 5.73 Å². The van der Waals surface area contributed by atoms with Crippen LogP contribution in [0.15, 0.2) is 12.1 Å². The minimum absolute atomic E-state index is 0.0332. The van der Waals surface area contributed by atoms with Gasteiger partial charge in [-0.25, -0.2) is 13.2 Å². The van der Waals surface area contributed by atoms with Crippen LogP contribution < -0.4 is 5.73 Å². The Hall–Kier alpha value is -1.56. The van der Waals surface area contributed by atoms with Gasteiger partial charge < -0.3 is 10.6 Å². The topological polar surface area (TPSA) is 46.3 Å². The van der Waals surface area contributed by atoms with E-state index in [1.165, 1.54) is 18.9 Å². The molecule has 0 aliphatic carbocycles. The van der Waals surface area contributed by atoms with Crippen LogP contribution in [0.4, 0.5) is 13.2 Å². The number of nitrogens with zero attached hydrogens (tertiary/aromatic N) is 1. The maximum Gasteiger partial charge on any atom is 0.239 e.